The van der Waals surface area contributed by atoms with E-state index in [1.807, 2.05) is 0 Å². The fraction of sp³-hybridized carbons (Fsp3) is 0.938. The molecule has 0 aromatic rings. The first-order chi connectivity index (χ1) is 10.3. The van der Waals surface area contributed by atoms with Crippen molar-refractivity contribution in [3.8, 4) is 0 Å². The molecule has 0 aliphatic carbocycles. The van der Waals surface area contributed by atoms with Crippen LogP contribution in [0.5, 0.6) is 0 Å². The summed E-state index contributed by atoms with van der Waals surface area (Å²) in [5.41, 5.74) is 0.0162. The van der Waals surface area contributed by atoms with Crippen LogP contribution < -0.4 is 0 Å². The van der Waals surface area contributed by atoms with Gasteiger partial charge in [-0.2, -0.15) is 0 Å². The first kappa shape index (κ1) is 16.9. The summed E-state index contributed by atoms with van der Waals surface area (Å²) >= 11 is 0. The van der Waals surface area contributed by atoms with Crippen molar-refractivity contribution in [3.63, 3.8) is 0 Å². The summed E-state index contributed by atoms with van der Waals surface area (Å²) in [4.78, 5) is 10.4. The highest BCUT2D eigenvalue weighted by Crippen LogP contribution is 2.31. The number of aldehydes is 1. The average molecular weight is 300 g/mol. The van der Waals surface area contributed by atoms with E-state index in [0.29, 0.717) is 32.0 Å². The Morgan fingerprint density at radius 3 is 2.48 bits per heavy atom. The van der Waals surface area contributed by atoms with E-state index < -0.39 is 0 Å². The molecule has 2 fully saturated rings. The van der Waals surface area contributed by atoms with Gasteiger partial charge in [0.25, 0.3) is 0 Å². The number of rotatable bonds is 14. The first-order valence-electron chi connectivity index (χ1n) is 8.10. The van der Waals surface area contributed by atoms with Crippen molar-refractivity contribution >= 4 is 6.29 Å². The lowest BCUT2D eigenvalue weighted by Crippen LogP contribution is -2.33. The molecule has 0 bridgehead atoms. The van der Waals surface area contributed by atoms with E-state index >= 15 is 0 Å². The van der Waals surface area contributed by atoms with Crippen LogP contribution in [0.3, 0.4) is 0 Å². The van der Waals surface area contributed by atoms with Crippen molar-refractivity contribution in [1.29, 1.82) is 0 Å². The molecule has 2 heterocycles. The third-order valence-electron chi connectivity index (χ3n) is 4.34. The van der Waals surface area contributed by atoms with Crippen LogP contribution in [0.25, 0.3) is 0 Å². The fourth-order valence-electron chi connectivity index (χ4n) is 2.57. The summed E-state index contributed by atoms with van der Waals surface area (Å²) in [5.74, 6) is 0. The van der Waals surface area contributed by atoms with Gasteiger partial charge in [-0.3, -0.25) is 0 Å². The van der Waals surface area contributed by atoms with Crippen LogP contribution in [0.4, 0.5) is 0 Å². The lowest BCUT2D eigenvalue weighted by atomic mass is 9.81. The SMILES string of the molecule is CCC(CCCCC1CO1)(COCC=O)COCC1CO1. The molecule has 3 atom stereocenters. The van der Waals surface area contributed by atoms with Gasteiger partial charge in [0.2, 0.25) is 0 Å². The predicted molar refractivity (Wildman–Crippen MR) is 78.4 cm³/mol. The molecule has 0 N–H and O–H groups in total. The fourth-order valence-corrected chi connectivity index (χ4v) is 2.57. The topological polar surface area (TPSA) is 60.6 Å². The molecule has 5 heteroatoms. The van der Waals surface area contributed by atoms with Crippen LogP contribution in [-0.2, 0) is 23.7 Å². The molecular weight excluding hydrogens is 272 g/mol. The maximum atomic E-state index is 10.4. The van der Waals surface area contributed by atoms with Crippen molar-refractivity contribution in [3.05, 3.63) is 0 Å². The van der Waals surface area contributed by atoms with E-state index in [1.165, 1.54) is 6.42 Å². The minimum absolute atomic E-state index is 0.0162. The van der Waals surface area contributed by atoms with Crippen LogP contribution >= 0.6 is 0 Å². The van der Waals surface area contributed by atoms with E-state index in [1.54, 1.807) is 0 Å². The molecule has 0 aromatic carbocycles. The first-order valence-corrected chi connectivity index (χ1v) is 8.10. The van der Waals surface area contributed by atoms with Gasteiger partial charge in [0.15, 0.2) is 0 Å². The molecule has 21 heavy (non-hydrogen) atoms. The van der Waals surface area contributed by atoms with Gasteiger partial charge in [-0.15, -0.1) is 0 Å². The van der Waals surface area contributed by atoms with Gasteiger partial charge in [-0.1, -0.05) is 19.8 Å². The van der Waals surface area contributed by atoms with Gasteiger partial charge in [-0.05, 0) is 19.3 Å². The van der Waals surface area contributed by atoms with Crippen LogP contribution in [0.1, 0.15) is 39.0 Å². The van der Waals surface area contributed by atoms with Gasteiger partial charge in [0, 0.05) is 5.41 Å². The monoisotopic (exact) mass is 300 g/mol. The molecule has 122 valence electrons. The summed E-state index contributed by atoms with van der Waals surface area (Å²) in [6.07, 6.45) is 7.18. The number of epoxide rings is 2. The van der Waals surface area contributed by atoms with E-state index in [2.05, 4.69) is 6.92 Å². The zero-order valence-corrected chi connectivity index (χ0v) is 13.1. The average Bonchev–Trinajstić information content (AvgIpc) is 3.37. The molecule has 0 saturated carbocycles. The standard InChI is InChI=1S/C16H28O5/c1-2-16(12-18-8-7-17,13-19-9-15-11-21-15)6-4-3-5-14-10-20-14/h7,14-15H,2-6,8-13H2,1H3. The van der Waals surface area contributed by atoms with Crippen LogP contribution in [0, 0.1) is 5.41 Å². The molecule has 0 amide bonds. The van der Waals surface area contributed by atoms with E-state index in [4.69, 9.17) is 18.9 Å². The maximum absolute atomic E-state index is 10.4. The maximum Gasteiger partial charge on any atom is 0.145 e. The number of hydrogen-bond donors (Lipinski definition) is 0. The molecule has 5 nitrogen and oxygen atoms in total. The van der Waals surface area contributed by atoms with Crippen molar-refractivity contribution in [1.82, 2.24) is 0 Å². The predicted octanol–water partition coefficient (Wildman–Crippen LogP) is 1.97. The third kappa shape index (κ3) is 6.87. The number of ether oxygens (including phenoxy) is 4. The summed E-state index contributed by atoms with van der Waals surface area (Å²) in [7, 11) is 0. The summed E-state index contributed by atoms with van der Waals surface area (Å²) < 4.78 is 21.7. The molecular formula is C16H28O5. The number of carbonyl (C=O) groups excluding carboxylic acids is 1. The smallest absolute Gasteiger partial charge is 0.145 e. The molecule has 2 saturated heterocycles. The molecule has 3 unspecified atom stereocenters. The Bertz CT molecular complexity index is 301. The normalized spacial score (nSPS) is 26.3. The largest absolute Gasteiger partial charge is 0.378 e. The summed E-state index contributed by atoms with van der Waals surface area (Å²) in [5, 5.41) is 0. The van der Waals surface area contributed by atoms with Gasteiger partial charge in [-0.25, -0.2) is 0 Å². The van der Waals surface area contributed by atoms with Gasteiger partial charge in [0.1, 0.15) is 19.0 Å². The zero-order valence-electron chi connectivity index (χ0n) is 13.1. The second-order valence-electron chi connectivity index (χ2n) is 6.21. The van der Waals surface area contributed by atoms with E-state index in [0.717, 1.165) is 45.2 Å². The Kier molecular flexibility index (Phi) is 7.10. The minimum Gasteiger partial charge on any atom is -0.378 e. The summed E-state index contributed by atoms with van der Waals surface area (Å²) in [6, 6.07) is 0. The highest BCUT2D eigenvalue weighted by molar-refractivity contribution is 5.50. The van der Waals surface area contributed by atoms with Gasteiger partial charge < -0.3 is 23.7 Å². The number of hydrogen-bond acceptors (Lipinski definition) is 5. The molecule has 0 spiro atoms. The molecule has 0 aromatic heterocycles. The Labute approximate surface area is 127 Å². The van der Waals surface area contributed by atoms with E-state index in [-0.39, 0.29) is 12.0 Å². The summed E-state index contributed by atoms with van der Waals surface area (Å²) in [6.45, 7) is 6.05. The third-order valence-corrected chi connectivity index (χ3v) is 4.34. The molecule has 2 aliphatic rings. The van der Waals surface area contributed by atoms with Crippen LogP contribution in [0.2, 0.25) is 0 Å². The second-order valence-corrected chi connectivity index (χ2v) is 6.21. The van der Waals surface area contributed by atoms with Crippen molar-refractivity contribution < 1.29 is 23.7 Å². The van der Waals surface area contributed by atoms with Crippen LogP contribution in [-0.4, -0.2) is 58.1 Å². The minimum atomic E-state index is 0.0162. The number of carbonyl (C=O) groups is 1. The Balaban J connectivity index is 1.70. The zero-order chi connectivity index (χ0) is 15.0. The lowest BCUT2D eigenvalue weighted by Gasteiger charge is -2.32. The van der Waals surface area contributed by atoms with Gasteiger partial charge >= 0.3 is 0 Å². The Morgan fingerprint density at radius 2 is 1.86 bits per heavy atom. The quantitative estimate of drug-likeness (QED) is 0.279. The lowest BCUT2D eigenvalue weighted by molar-refractivity contribution is -0.114. The van der Waals surface area contributed by atoms with Crippen LogP contribution in [0.15, 0.2) is 0 Å². The molecule has 2 aliphatic heterocycles. The Morgan fingerprint density at radius 1 is 1.14 bits per heavy atom. The highest BCUT2D eigenvalue weighted by atomic mass is 16.6. The molecule has 0 radical (unpaired) electrons. The van der Waals surface area contributed by atoms with Gasteiger partial charge in [0.05, 0.1) is 39.1 Å². The second kappa shape index (κ2) is 8.83. The van der Waals surface area contributed by atoms with Crippen molar-refractivity contribution in [2.24, 2.45) is 5.41 Å². The van der Waals surface area contributed by atoms with Crippen molar-refractivity contribution in [2.75, 3.05) is 39.6 Å². The van der Waals surface area contributed by atoms with E-state index in [9.17, 15) is 4.79 Å². The Hall–Kier alpha value is -0.490. The molecule has 2 rings (SSSR count). The van der Waals surface area contributed by atoms with Crippen molar-refractivity contribution in [2.45, 2.75) is 51.2 Å². The highest BCUT2D eigenvalue weighted by Gasteiger charge is 2.31. The number of unbranched alkanes of at least 4 members (excludes halogenated alkanes) is 1.